The van der Waals surface area contributed by atoms with Gasteiger partial charge in [0.15, 0.2) is 0 Å². The minimum atomic E-state index is -0.593. The summed E-state index contributed by atoms with van der Waals surface area (Å²) in [7, 11) is 0. The third-order valence-electron chi connectivity index (χ3n) is 1.30. The SMILES string of the molecule is C#Cc1cccc(NC(N)=O)c1. The first-order valence-electron chi connectivity index (χ1n) is 3.35. The standard InChI is InChI=1S/C9H8N2O/c1-2-7-4-3-5-8(6-7)11-9(10)12/h1,3-6H,(H3,10,11,12). The van der Waals surface area contributed by atoms with Crippen molar-refractivity contribution in [2.75, 3.05) is 5.32 Å². The van der Waals surface area contributed by atoms with Gasteiger partial charge in [0.25, 0.3) is 0 Å². The number of hydrogen-bond donors (Lipinski definition) is 2. The number of carbonyl (C=O) groups is 1. The summed E-state index contributed by atoms with van der Waals surface area (Å²) < 4.78 is 0. The third-order valence-corrected chi connectivity index (χ3v) is 1.30. The Balaban J connectivity index is 2.88. The van der Waals surface area contributed by atoms with E-state index in [-0.39, 0.29) is 0 Å². The molecule has 12 heavy (non-hydrogen) atoms. The number of nitrogens with one attached hydrogen (secondary N) is 1. The molecular formula is C9H8N2O. The number of terminal acetylenes is 1. The number of carbonyl (C=O) groups excluding carboxylic acids is 1. The summed E-state index contributed by atoms with van der Waals surface area (Å²) in [5, 5.41) is 2.42. The molecule has 0 heterocycles. The number of hydrogen-bond acceptors (Lipinski definition) is 1. The van der Waals surface area contributed by atoms with Crippen LogP contribution in [0.2, 0.25) is 0 Å². The Kier molecular flexibility index (Phi) is 2.34. The van der Waals surface area contributed by atoms with Crippen molar-refractivity contribution in [1.29, 1.82) is 0 Å². The van der Waals surface area contributed by atoms with Gasteiger partial charge >= 0.3 is 6.03 Å². The monoisotopic (exact) mass is 160 g/mol. The molecule has 60 valence electrons. The van der Waals surface area contributed by atoms with Gasteiger partial charge in [-0.05, 0) is 18.2 Å². The maximum Gasteiger partial charge on any atom is 0.316 e. The number of amides is 2. The number of primary amides is 1. The Hall–Kier alpha value is -1.95. The Morgan fingerprint density at radius 3 is 2.92 bits per heavy atom. The van der Waals surface area contributed by atoms with Crippen LogP contribution in [0, 0.1) is 12.3 Å². The predicted octanol–water partition coefficient (Wildman–Crippen LogP) is 1.16. The van der Waals surface area contributed by atoms with Crippen LogP contribution >= 0.6 is 0 Å². The Morgan fingerprint density at radius 2 is 2.33 bits per heavy atom. The van der Waals surface area contributed by atoms with Crippen LogP contribution in [0.25, 0.3) is 0 Å². The smallest absolute Gasteiger partial charge is 0.316 e. The highest BCUT2D eigenvalue weighted by molar-refractivity contribution is 5.87. The lowest BCUT2D eigenvalue weighted by molar-refractivity contribution is 0.259. The van der Waals surface area contributed by atoms with Crippen LogP contribution in [0.1, 0.15) is 5.56 Å². The van der Waals surface area contributed by atoms with E-state index in [2.05, 4.69) is 11.2 Å². The van der Waals surface area contributed by atoms with Crippen LogP contribution in [0.15, 0.2) is 24.3 Å². The summed E-state index contributed by atoms with van der Waals surface area (Å²) in [6.45, 7) is 0. The lowest BCUT2D eigenvalue weighted by Crippen LogP contribution is -2.19. The fourth-order valence-electron chi connectivity index (χ4n) is 0.829. The molecule has 0 aromatic heterocycles. The van der Waals surface area contributed by atoms with Crippen LogP contribution in [0.5, 0.6) is 0 Å². The van der Waals surface area contributed by atoms with Crippen LogP contribution < -0.4 is 11.1 Å². The fraction of sp³-hybridized carbons (Fsp3) is 0. The number of benzene rings is 1. The van der Waals surface area contributed by atoms with Crippen molar-refractivity contribution >= 4 is 11.7 Å². The highest BCUT2D eigenvalue weighted by atomic mass is 16.2. The molecule has 0 aliphatic carbocycles. The van der Waals surface area contributed by atoms with Gasteiger partial charge in [-0.25, -0.2) is 4.79 Å². The molecule has 2 amide bonds. The first kappa shape index (κ1) is 8.15. The summed E-state index contributed by atoms with van der Waals surface area (Å²) in [4.78, 5) is 10.4. The van der Waals surface area contributed by atoms with Crippen LogP contribution in [-0.2, 0) is 0 Å². The summed E-state index contributed by atoms with van der Waals surface area (Å²) in [5.74, 6) is 2.45. The second-order valence-electron chi connectivity index (χ2n) is 2.21. The van der Waals surface area contributed by atoms with Gasteiger partial charge in [0, 0.05) is 11.3 Å². The summed E-state index contributed by atoms with van der Waals surface area (Å²) in [6.07, 6.45) is 5.16. The summed E-state index contributed by atoms with van der Waals surface area (Å²) >= 11 is 0. The van der Waals surface area contributed by atoms with Gasteiger partial charge in [0.1, 0.15) is 0 Å². The molecule has 0 saturated heterocycles. The molecule has 0 unspecified atom stereocenters. The molecule has 0 spiro atoms. The predicted molar refractivity (Wildman–Crippen MR) is 47.6 cm³/mol. The van der Waals surface area contributed by atoms with E-state index in [1.54, 1.807) is 24.3 Å². The van der Waals surface area contributed by atoms with E-state index in [4.69, 9.17) is 12.2 Å². The molecule has 0 fully saturated rings. The highest BCUT2D eigenvalue weighted by Crippen LogP contribution is 2.08. The first-order valence-corrected chi connectivity index (χ1v) is 3.35. The van der Waals surface area contributed by atoms with Crippen molar-refractivity contribution in [3.8, 4) is 12.3 Å². The number of urea groups is 1. The van der Waals surface area contributed by atoms with E-state index in [9.17, 15) is 4.79 Å². The molecule has 0 aliphatic rings. The molecule has 3 N–H and O–H groups in total. The molecule has 1 aromatic carbocycles. The fourth-order valence-corrected chi connectivity index (χ4v) is 0.829. The normalized spacial score (nSPS) is 8.58. The maximum atomic E-state index is 10.4. The molecule has 0 aliphatic heterocycles. The highest BCUT2D eigenvalue weighted by Gasteiger charge is 1.94. The second-order valence-corrected chi connectivity index (χ2v) is 2.21. The first-order chi connectivity index (χ1) is 5.72. The average molecular weight is 160 g/mol. The molecule has 1 rings (SSSR count). The van der Waals surface area contributed by atoms with Crippen molar-refractivity contribution in [2.24, 2.45) is 5.73 Å². The van der Waals surface area contributed by atoms with Gasteiger partial charge in [-0.2, -0.15) is 0 Å². The topological polar surface area (TPSA) is 55.1 Å². The van der Waals surface area contributed by atoms with Crippen molar-refractivity contribution in [3.63, 3.8) is 0 Å². The van der Waals surface area contributed by atoms with Crippen molar-refractivity contribution in [1.82, 2.24) is 0 Å². The summed E-state index contributed by atoms with van der Waals surface area (Å²) in [5.41, 5.74) is 6.23. The van der Waals surface area contributed by atoms with E-state index >= 15 is 0 Å². The second kappa shape index (κ2) is 3.44. The summed E-state index contributed by atoms with van der Waals surface area (Å²) in [6, 6.07) is 6.31. The van der Waals surface area contributed by atoms with E-state index in [1.807, 2.05) is 0 Å². The minimum Gasteiger partial charge on any atom is -0.351 e. The molecule has 0 radical (unpaired) electrons. The molecule has 3 heteroatoms. The molecule has 1 aromatic rings. The van der Waals surface area contributed by atoms with E-state index in [0.29, 0.717) is 11.3 Å². The zero-order valence-corrected chi connectivity index (χ0v) is 6.37. The molecule has 0 bridgehead atoms. The van der Waals surface area contributed by atoms with E-state index < -0.39 is 6.03 Å². The largest absolute Gasteiger partial charge is 0.351 e. The van der Waals surface area contributed by atoms with E-state index in [1.165, 1.54) is 0 Å². The van der Waals surface area contributed by atoms with Gasteiger partial charge in [-0.15, -0.1) is 6.42 Å². The molecule has 3 nitrogen and oxygen atoms in total. The van der Waals surface area contributed by atoms with Crippen LogP contribution in [0.4, 0.5) is 10.5 Å². The lowest BCUT2D eigenvalue weighted by atomic mass is 10.2. The molecule has 0 atom stereocenters. The average Bonchev–Trinajstić information content (AvgIpc) is 2.03. The third kappa shape index (κ3) is 2.03. The van der Waals surface area contributed by atoms with Crippen molar-refractivity contribution < 1.29 is 4.79 Å². The quantitative estimate of drug-likeness (QED) is 0.595. The molecule has 0 saturated carbocycles. The lowest BCUT2D eigenvalue weighted by Gasteiger charge is -2.00. The Bertz CT molecular complexity index is 339. The van der Waals surface area contributed by atoms with Gasteiger partial charge < -0.3 is 11.1 Å². The van der Waals surface area contributed by atoms with Gasteiger partial charge in [-0.3, -0.25) is 0 Å². The van der Waals surface area contributed by atoms with Gasteiger partial charge in [0.05, 0.1) is 0 Å². The number of rotatable bonds is 1. The number of nitrogens with two attached hydrogens (primary N) is 1. The minimum absolute atomic E-state index is 0.593. The van der Waals surface area contributed by atoms with Crippen LogP contribution in [-0.4, -0.2) is 6.03 Å². The zero-order valence-electron chi connectivity index (χ0n) is 6.37. The Morgan fingerprint density at radius 1 is 1.58 bits per heavy atom. The van der Waals surface area contributed by atoms with E-state index in [0.717, 1.165) is 0 Å². The van der Waals surface area contributed by atoms with Crippen molar-refractivity contribution in [3.05, 3.63) is 29.8 Å². The maximum absolute atomic E-state index is 10.4. The number of anilines is 1. The van der Waals surface area contributed by atoms with Gasteiger partial charge in [0.2, 0.25) is 0 Å². The Labute approximate surface area is 70.6 Å². The zero-order chi connectivity index (χ0) is 8.97. The van der Waals surface area contributed by atoms with Crippen molar-refractivity contribution in [2.45, 2.75) is 0 Å². The molecular weight excluding hydrogens is 152 g/mol. The van der Waals surface area contributed by atoms with Gasteiger partial charge in [-0.1, -0.05) is 12.0 Å². The van der Waals surface area contributed by atoms with Crippen LogP contribution in [0.3, 0.4) is 0 Å².